The second-order valence-electron chi connectivity index (χ2n) is 3.49. The summed E-state index contributed by atoms with van der Waals surface area (Å²) in [6.07, 6.45) is 2.53. The van der Waals surface area contributed by atoms with Crippen LogP contribution in [0, 0.1) is 5.82 Å². The maximum Gasteiger partial charge on any atom is 0.261 e. The zero-order valence-corrected chi connectivity index (χ0v) is 11.8. The SMILES string of the molecule is CCC(CCBr)NS(=O)(=O)c1ncccc1F. The lowest BCUT2D eigenvalue weighted by Crippen LogP contribution is -2.35. The average Bonchev–Trinajstić information content (AvgIpc) is 2.28. The number of sulfonamides is 1. The third-order valence-corrected chi connectivity index (χ3v) is 4.16. The first-order valence-electron chi connectivity index (χ1n) is 5.20. The van der Waals surface area contributed by atoms with Crippen LogP contribution in [0.3, 0.4) is 0 Å². The highest BCUT2D eigenvalue weighted by Gasteiger charge is 2.23. The quantitative estimate of drug-likeness (QED) is 0.815. The van der Waals surface area contributed by atoms with Crippen molar-refractivity contribution in [2.75, 3.05) is 5.33 Å². The molecule has 0 bridgehead atoms. The maximum atomic E-state index is 13.3. The molecule has 0 saturated heterocycles. The van der Waals surface area contributed by atoms with Crippen molar-refractivity contribution in [1.29, 1.82) is 0 Å². The van der Waals surface area contributed by atoms with E-state index in [9.17, 15) is 12.8 Å². The van der Waals surface area contributed by atoms with Gasteiger partial charge in [-0.2, -0.15) is 0 Å². The van der Waals surface area contributed by atoms with E-state index in [0.29, 0.717) is 18.2 Å². The van der Waals surface area contributed by atoms with E-state index in [2.05, 4.69) is 25.6 Å². The number of nitrogens with zero attached hydrogens (tertiary/aromatic N) is 1. The number of nitrogens with one attached hydrogen (secondary N) is 1. The van der Waals surface area contributed by atoms with Crippen LogP contribution < -0.4 is 4.72 Å². The number of hydrogen-bond donors (Lipinski definition) is 1. The van der Waals surface area contributed by atoms with E-state index < -0.39 is 20.9 Å². The molecular formula is C10H14BrFN2O2S. The molecule has 0 amide bonds. The molecule has 0 spiro atoms. The van der Waals surface area contributed by atoms with Crippen LogP contribution in [0.25, 0.3) is 0 Å². The summed E-state index contributed by atoms with van der Waals surface area (Å²) in [7, 11) is -3.88. The molecule has 1 aromatic heterocycles. The Morgan fingerprint density at radius 1 is 1.59 bits per heavy atom. The Balaban J connectivity index is 2.92. The normalized spacial score (nSPS) is 13.6. The zero-order chi connectivity index (χ0) is 12.9. The Morgan fingerprint density at radius 3 is 2.82 bits per heavy atom. The lowest BCUT2D eigenvalue weighted by Gasteiger charge is -2.15. The molecule has 4 nitrogen and oxygen atoms in total. The smallest absolute Gasteiger partial charge is 0.241 e. The molecule has 0 aliphatic carbocycles. The monoisotopic (exact) mass is 324 g/mol. The van der Waals surface area contributed by atoms with Gasteiger partial charge < -0.3 is 0 Å². The second-order valence-corrected chi connectivity index (χ2v) is 5.92. The van der Waals surface area contributed by atoms with Gasteiger partial charge in [-0.15, -0.1) is 0 Å². The molecule has 0 aliphatic heterocycles. The predicted molar refractivity (Wildman–Crippen MR) is 67.0 cm³/mol. The van der Waals surface area contributed by atoms with Gasteiger partial charge in [0.25, 0.3) is 10.0 Å². The fourth-order valence-corrected chi connectivity index (χ4v) is 3.23. The number of rotatable bonds is 6. The molecular weight excluding hydrogens is 311 g/mol. The predicted octanol–water partition coefficient (Wildman–Crippen LogP) is 2.06. The fourth-order valence-electron chi connectivity index (χ4n) is 1.32. The van der Waals surface area contributed by atoms with E-state index in [1.807, 2.05) is 6.92 Å². The number of aromatic nitrogens is 1. The minimum Gasteiger partial charge on any atom is -0.241 e. The molecule has 17 heavy (non-hydrogen) atoms. The van der Waals surface area contributed by atoms with Crippen LogP contribution in [0.1, 0.15) is 19.8 Å². The first kappa shape index (κ1) is 14.5. The van der Waals surface area contributed by atoms with E-state index in [0.717, 1.165) is 6.07 Å². The first-order chi connectivity index (χ1) is 8.01. The number of alkyl halides is 1. The van der Waals surface area contributed by atoms with Gasteiger partial charge in [0.2, 0.25) is 5.03 Å². The lowest BCUT2D eigenvalue weighted by molar-refractivity contribution is 0.515. The molecule has 1 atom stereocenters. The molecule has 0 aliphatic rings. The molecule has 1 heterocycles. The van der Waals surface area contributed by atoms with Crippen molar-refractivity contribution < 1.29 is 12.8 Å². The van der Waals surface area contributed by atoms with Crippen LogP contribution >= 0.6 is 15.9 Å². The Hall–Kier alpha value is -0.530. The molecule has 0 radical (unpaired) electrons. The van der Waals surface area contributed by atoms with Crippen LogP contribution in [0.15, 0.2) is 23.4 Å². The third-order valence-electron chi connectivity index (χ3n) is 2.25. The van der Waals surface area contributed by atoms with Gasteiger partial charge >= 0.3 is 0 Å². The van der Waals surface area contributed by atoms with E-state index >= 15 is 0 Å². The average molecular weight is 325 g/mol. The Bertz CT molecular complexity index is 467. The highest BCUT2D eigenvalue weighted by Crippen LogP contribution is 2.12. The van der Waals surface area contributed by atoms with Crippen LogP contribution in [0.4, 0.5) is 4.39 Å². The summed E-state index contributed by atoms with van der Waals surface area (Å²) in [4.78, 5) is 3.56. The Kier molecular flexibility index (Phi) is 5.48. The summed E-state index contributed by atoms with van der Waals surface area (Å²) in [6, 6.07) is 2.21. The van der Waals surface area contributed by atoms with Gasteiger partial charge in [0.15, 0.2) is 5.82 Å². The van der Waals surface area contributed by atoms with Crippen molar-refractivity contribution in [2.45, 2.75) is 30.8 Å². The highest BCUT2D eigenvalue weighted by molar-refractivity contribution is 9.09. The first-order valence-corrected chi connectivity index (χ1v) is 7.80. The van der Waals surface area contributed by atoms with Crippen molar-refractivity contribution in [3.8, 4) is 0 Å². The van der Waals surface area contributed by atoms with Crippen LogP contribution in [-0.2, 0) is 10.0 Å². The van der Waals surface area contributed by atoms with Gasteiger partial charge in [-0.3, -0.25) is 0 Å². The molecule has 1 aromatic rings. The zero-order valence-electron chi connectivity index (χ0n) is 9.36. The topological polar surface area (TPSA) is 59.1 Å². The molecule has 1 unspecified atom stereocenters. The van der Waals surface area contributed by atoms with E-state index in [1.54, 1.807) is 0 Å². The lowest BCUT2D eigenvalue weighted by atomic mass is 10.2. The fraction of sp³-hybridized carbons (Fsp3) is 0.500. The van der Waals surface area contributed by atoms with E-state index in [1.165, 1.54) is 12.3 Å². The summed E-state index contributed by atoms with van der Waals surface area (Å²) in [5.74, 6) is -0.839. The Morgan fingerprint density at radius 2 is 2.29 bits per heavy atom. The molecule has 7 heteroatoms. The van der Waals surface area contributed by atoms with Crippen molar-refractivity contribution in [2.24, 2.45) is 0 Å². The summed E-state index contributed by atoms with van der Waals surface area (Å²) >= 11 is 3.24. The second kappa shape index (κ2) is 6.42. The molecule has 96 valence electrons. The van der Waals surface area contributed by atoms with Crippen molar-refractivity contribution >= 4 is 26.0 Å². The number of pyridine rings is 1. The third kappa shape index (κ3) is 4.01. The van der Waals surface area contributed by atoms with Gasteiger partial charge in [0.05, 0.1) is 0 Å². The molecule has 1 N–H and O–H groups in total. The van der Waals surface area contributed by atoms with Crippen molar-refractivity contribution in [3.05, 3.63) is 24.1 Å². The van der Waals surface area contributed by atoms with Gasteiger partial charge in [-0.1, -0.05) is 22.9 Å². The number of hydrogen-bond acceptors (Lipinski definition) is 3. The molecule has 0 fully saturated rings. The summed E-state index contributed by atoms with van der Waals surface area (Å²) < 4.78 is 39.5. The van der Waals surface area contributed by atoms with Crippen molar-refractivity contribution in [3.63, 3.8) is 0 Å². The molecule has 0 aromatic carbocycles. The van der Waals surface area contributed by atoms with E-state index in [-0.39, 0.29) is 6.04 Å². The summed E-state index contributed by atoms with van der Waals surface area (Å²) in [5.41, 5.74) is 0. The van der Waals surface area contributed by atoms with Crippen LogP contribution in [0.5, 0.6) is 0 Å². The maximum absolute atomic E-state index is 13.3. The van der Waals surface area contributed by atoms with E-state index in [4.69, 9.17) is 0 Å². The van der Waals surface area contributed by atoms with Crippen molar-refractivity contribution in [1.82, 2.24) is 9.71 Å². The minimum atomic E-state index is -3.88. The van der Waals surface area contributed by atoms with Gasteiger partial charge in [-0.25, -0.2) is 22.5 Å². The minimum absolute atomic E-state index is 0.221. The van der Waals surface area contributed by atoms with Gasteiger partial charge in [0, 0.05) is 17.6 Å². The standard InChI is InChI=1S/C10H14BrFN2O2S/c1-2-8(5-6-11)14-17(15,16)10-9(12)4-3-7-13-10/h3-4,7-8,14H,2,5-6H2,1H3. The molecule has 0 saturated carbocycles. The largest absolute Gasteiger partial charge is 0.261 e. The van der Waals surface area contributed by atoms with Crippen LogP contribution in [-0.4, -0.2) is 24.8 Å². The summed E-state index contributed by atoms with van der Waals surface area (Å²) in [5, 5.41) is 0.131. The van der Waals surface area contributed by atoms with Gasteiger partial charge in [-0.05, 0) is 25.0 Å². The summed E-state index contributed by atoms with van der Waals surface area (Å²) in [6.45, 7) is 1.87. The van der Waals surface area contributed by atoms with Gasteiger partial charge in [0.1, 0.15) is 0 Å². The van der Waals surface area contributed by atoms with Crippen LogP contribution in [0.2, 0.25) is 0 Å². The number of halogens is 2. The highest BCUT2D eigenvalue weighted by atomic mass is 79.9. The Labute approximate surface area is 109 Å². The molecule has 1 rings (SSSR count).